The summed E-state index contributed by atoms with van der Waals surface area (Å²) in [7, 11) is -8.68. The van der Waals surface area contributed by atoms with Crippen LogP contribution in [0, 0.1) is 0 Å². The van der Waals surface area contributed by atoms with Crippen LogP contribution in [0.5, 0.6) is 0 Å². The van der Waals surface area contributed by atoms with Crippen molar-refractivity contribution < 1.29 is 0 Å². The maximum atomic E-state index is 3.72. The first-order valence-corrected chi connectivity index (χ1v) is 42.0. The molecule has 1 rings (SSSR count). The molecule has 0 saturated carbocycles. The van der Waals surface area contributed by atoms with E-state index < -0.39 is 48.4 Å². The predicted molar refractivity (Wildman–Crippen MR) is 197 cm³/mol. The van der Waals surface area contributed by atoms with Crippen LogP contribution in [0.3, 0.4) is 0 Å². The molecule has 0 atom stereocenters. The summed E-state index contributed by atoms with van der Waals surface area (Å²) >= 11 is 7.67. The predicted octanol–water partition coefficient (Wildman–Crippen LogP) is 7.85. The van der Waals surface area contributed by atoms with E-state index in [0.29, 0.717) is 17.3 Å². The molecule has 0 aliphatic heterocycles. The Morgan fingerprint density at radius 2 is 0.757 bits per heavy atom. The van der Waals surface area contributed by atoms with Crippen LogP contribution in [0.1, 0.15) is 32.2 Å². The zero-order valence-corrected chi connectivity index (χ0v) is 38.8. The van der Waals surface area contributed by atoms with Gasteiger partial charge < -0.3 is 0 Å². The Kier molecular flexibility index (Phi) is 12.5. The summed E-state index contributed by atoms with van der Waals surface area (Å²) in [5.74, 6) is 0. The van der Waals surface area contributed by atoms with E-state index in [1.165, 1.54) is 0 Å². The van der Waals surface area contributed by atoms with Crippen molar-refractivity contribution in [3.8, 4) is 0 Å². The average molecular weight is 800 g/mol. The van der Waals surface area contributed by atoms with Gasteiger partial charge in [0.1, 0.15) is 0 Å². The molecule has 10 heteroatoms. The Labute approximate surface area is 261 Å². The van der Waals surface area contributed by atoms with Crippen LogP contribution in [0.25, 0.3) is 0 Å². The van der Waals surface area contributed by atoms with E-state index in [1.807, 2.05) is 0 Å². The van der Waals surface area contributed by atoms with Gasteiger partial charge in [-0.1, -0.05) is 0 Å². The summed E-state index contributed by atoms with van der Waals surface area (Å²) in [4.78, 5) is 0. The first-order chi connectivity index (χ1) is 16.1. The Morgan fingerprint density at radius 1 is 0.514 bits per heavy atom. The van der Waals surface area contributed by atoms with Crippen molar-refractivity contribution in [3.63, 3.8) is 0 Å². The molecule has 0 amide bonds. The van der Waals surface area contributed by atoms with Crippen molar-refractivity contribution in [2.45, 2.75) is 133 Å². The minimum atomic E-state index is -1.46. The zero-order valence-electron chi connectivity index (χ0n) is 27.7. The standard InChI is InChI=1S/C27H60BSe3Si6/c1-32(2,3)25(33(4,5)6)21-19-22(26(34(7,8)9)35(10,11)12)24(28(29)31-30)23(20-21)27(36(13,14)15)37(16,17)18/h19-20,25-27,30H,1-18H3/q-1/p-1. The van der Waals surface area contributed by atoms with Gasteiger partial charge in [-0.3, -0.25) is 0 Å². The molecule has 0 unspecified atom stereocenters. The van der Waals surface area contributed by atoms with E-state index in [4.69, 9.17) is 0 Å². The topological polar surface area (TPSA) is 0 Å². The molecule has 0 fully saturated rings. The van der Waals surface area contributed by atoms with E-state index in [2.05, 4.69) is 160 Å². The fourth-order valence-corrected chi connectivity index (χ4v) is 49.0. The molecule has 0 heterocycles. The molecule has 0 aromatic heterocycles. The summed E-state index contributed by atoms with van der Waals surface area (Å²) in [5, 5.41) is 2.34. The van der Waals surface area contributed by atoms with Gasteiger partial charge in [-0.05, 0) is 0 Å². The third-order valence-electron chi connectivity index (χ3n) is 7.74. The number of benzene rings is 1. The zero-order chi connectivity index (χ0) is 29.7. The second-order valence-electron chi connectivity index (χ2n) is 18.0. The molecular weight excluding hydrogens is 741 g/mol. The number of hydrogen-bond donors (Lipinski definition) is 0. The van der Waals surface area contributed by atoms with Gasteiger partial charge in [-0.2, -0.15) is 0 Å². The summed E-state index contributed by atoms with van der Waals surface area (Å²) in [6.45, 7) is 47.8. The fourth-order valence-electron chi connectivity index (χ4n) is 8.45. The fraction of sp³-hybridized carbons (Fsp3) is 0.778. The van der Waals surface area contributed by atoms with E-state index in [9.17, 15) is 0 Å². The normalized spacial score (nSPS) is 14.8. The molecule has 0 saturated heterocycles. The van der Waals surface area contributed by atoms with Crippen LogP contribution < -0.4 is 5.46 Å². The van der Waals surface area contributed by atoms with Gasteiger partial charge in [-0.15, -0.1) is 0 Å². The molecule has 0 aliphatic carbocycles. The molecule has 0 radical (unpaired) electrons. The van der Waals surface area contributed by atoms with Crippen LogP contribution >= 0.6 is 0 Å². The van der Waals surface area contributed by atoms with Gasteiger partial charge in [0.25, 0.3) is 0 Å². The third-order valence-corrected chi connectivity index (χ3v) is 43.3. The first kappa shape index (κ1) is 37.2. The molecule has 1 aromatic rings. The molecule has 1 aromatic carbocycles. The van der Waals surface area contributed by atoms with Crippen molar-refractivity contribution in [2.24, 2.45) is 0 Å². The van der Waals surface area contributed by atoms with Crippen LogP contribution in [0.15, 0.2) is 12.1 Å². The molecule has 37 heavy (non-hydrogen) atoms. The Balaban J connectivity index is 4.57. The monoisotopic (exact) mass is 802 g/mol. The Hall–Kier alpha value is 2.14. The van der Waals surface area contributed by atoms with E-state index >= 15 is 0 Å². The minimum absolute atomic E-state index is 0.439. The van der Waals surface area contributed by atoms with Crippen LogP contribution in [0.2, 0.25) is 118 Å². The summed E-state index contributed by atoms with van der Waals surface area (Å²) in [6.07, 6.45) is 0. The summed E-state index contributed by atoms with van der Waals surface area (Å²) < 4.78 is 0.522. The van der Waals surface area contributed by atoms with Crippen LogP contribution in [-0.4, -0.2) is 95.8 Å². The second-order valence-corrected chi connectivity index (χ2v) is 57.6. The molecule has 0 nitrogen and oxygen atoms in total. The quantitative estimate of drug-likeness (QED) is 0.200. The first-order valence-electron chi connectivity index (χ1n) is 14.2. The molecule has 214 valence electrons. The van der Waals surface area contributed by atoms with Gasteiger partial charge in [0.2, 0.25) is 0 Å². The van der Waals surface area contributed by atoms with E-state index in [0.717, 1.165) is 15.5 Å². The molecule has 0 N–H and O–H groups in total. The number of rotatable bonds is 11. The third kappa shape index (κ3) is 9.57. The molecule has 0 spiro atoms. The van der Waals surface area contributed by atoms with Crippen molar-refractivity contribution in [2.75, 3.05) is 0 Å². The van der Waals surface area contributed by atoms with Gasteiger partial charge in [0.15, 0.2) is 0 Å². The van der Waals surface area contributed by atoms with Gasteiger partial charge in [0.05, 0.1) is 0 Å². The summed E-state index contributed by atoms with van der Waals surface area (Å²) in [6, 6.07) is 5.67. The van der Waals surface area contributed by atoms with Crippen LogP contribution in [-0.2, 0) is 0 Å². The second kappa shape index (κ2) is 12.4. The van der Waals surface area contributed by atoms with Crippen LogP contribution in [0.4, 0.5) is 0 Å². The van der Waals surface area contributed by atoms with Crippen molar-refractivity contribution in [1.82, 2.24) is 0 Å². The van der Waals surface area contributed by atoms with Gasteiger partial charge in [-0.25, -0.2) is 0 Å². The van der Waals surface area contributed by atoms with Gasteiger partial charge in [0, 0.05) is 0 Å². The average Bonchev–Trinajstić information content (AvgIpc) is 2.53. The van der Waals surface area contributed by atoms with E-state index in [1.54, 1.807) is 22.2 Å². The molecular formula is C27H59BSe3Si6-2. The SMILES string of the molecule is C[Si](C)(C)C(c1cc(C([Si](C)(C)C)[Si](C)(C)C)c(B([Se-])[Se][Se-])c(C([Si](C)(C)C)[Si](C)(C)C)c1)[Si](C)(C)C. The molecule has 0 bridgehead atoms. The van der Waals surface area contributed by atoms with Crippen molar-refractivity contribution in [1.29, 1.82) is 0 Å². The molecule has 0 aliphatic rings. The summed E-state index contributed by atoms with van der Waals surface area (Å²) in [5.41, 5.74) is 7.11. The Bertz CT molecular complexity index is 833. The Morgan fingerprint density at radius 3 is 0.946 bits per heavy atom. The number of hydrogen-bond acceptors (Lipinski definition) is 0. The van der Waals surface area contributed by atoms with Crippen molar-refractivity contribution in [3.05, 3.63) is 28.8 Å². The van der Waals surface area contributed by atoms with Crippen molar-refractivity contribution >= 4 is 101 Å². The van der Waals surface area contributed by atoms with Gasteiger partial charge >= 0.3 is 263 Å². The maximum absolute atomic E-state index is 3.72. The van der Waals surface area contributed by atoms with E-state index in [-0.39, 0.29) is 0 Å².